The number of hydrogen-bond donors (Lipinski definition) is 1. The monoisotopic (exact) mass is 214 g/mol. The fourth-order valence-electron chi connectivity index (χ4n) is 2.36. The van der Waals surface area contributed by atoms with Gasteiger partial charge in [0.2, 0.25) is 0 Å². The maximum atomic E-state index is 6.10. The van der Waals surface area contributed by atoms with Gasteiger partial charge in [0.05, 0.1) is 6.61 Å². The summed E-state index contributed by atoms with van der Waals surface area (Å²) in [5, 5.41) is 0. The maximum absolute atomic E-state index is 6.10. The second-order valence-corrected chi connectivity index (χ2v) is 4.94. The highest BCUT2D eigenvalue weighted by Gasteiger charge is 2.26. The number of methoxy groups -OCH3 is 1. The Morgan fingerprint density at radius 1 is 1.40 bits per heavy atom. The first-order valence-corrected chi connectivity index (χ1v) is 6.13. The molecule has 2 atom stereocenters. The molecule has 0 aromatic carbocycles. The zero-order valence-corrected chi connectivity index (χ0v) is 10.4. The van der Waals surface area contributed by atoms with E-state index in [4.69, 9.17) is 10.5 Å². The highest BCUT2D eigenvalue weighted by Crippen LogP contribution is 2.25. The predicted molar refractivity (Wildman–Crippen MR) is 63.9 cm³/mol. The van der Waals surface area contributed by atoms with E-state index in [2.05, 4.69) is 18.7 Å². The molecule has 15 heavy (non-hydrogen) atoms. The third-order valence-electron chi connectivity index (χ3n) is 3.50. The van der Waals surface area contributed by atoms with Gasteiger partial charge in [-0.3, -0.25) is 4.90 Å². The van der Waals surface area contributed by atoms with Gasteiger partial charge in [-0.2, -0.15) is 0 Å². The van der Waals surface area contributed by atoms with E-state index in [1.54, 1.807) is 7.11 Å². The molecule has 3 nitrogen and oxygen atoms in total. The molecule has 0 heterocycles. The van der Waals surface area contributed by atoms with Crippen LogP contribution in [0.1, 0.15) is 33.1 Å². The summed E-state index contributed by atoms with van der Waals surface area (Å²) in [7, 11) is 1.76. The van der Waals surface area contributed by atoms with E-state index in [0.717, 1.165) is 19.7 Å². The van der Waals surface area contributed by atoms with Crippen molar-refractivity contribution in [1.82, 2.24) is 4.90 Å². The van der Waals surface area contributed by atoms with Crippen molar-refractivity contribution in [1.29, 1.82) is 0 Å². The van der Waals surface area contributed by atoms with Gasteiger partial charge in [0, 0.05) is 32.3 Å². The van der Waals surface area contributed by atoms with Crippen LogP contribution in [0.3, 0.4) is 0 Å². The van der Waals surface area contributed by atoms with Crippen molar-refractivity contribution >= 4 is 0 Å². The molecule has 1 aliphatic carbocycles. The summed E-state index contributed by atoms with van der Waals surface area (Å²) >= 11 is 0. The van der Waals surface area contributed by atoms with Crippen LogP contribution in [0, 0.1) is 5.92 Å². The second-order valence-electron chi connectivity index (χ2n) is 4.94. The first-order valence-electron chi connectivity index (χ1n) is 6.13. The third-order valence-corrected chi connectivity index (χ3v) is 3.50. The Bertz CT molecular complexity index is 173. The first-order chi connectivity index (χ1) is 7.15. The minimum Gasteiger partial charge on any atom is -0.383 e. The fourth-order valence-corrected chi connectivity index (χ4v) is 2.36. The quantitative estimate of drug-likeness (QED) is 0.727. The highest BCUT2D eigenvalue weighted by molar-refractivity contribution is 4.83. The smallest absolute Gasteiger partial charge is 0.0589 e. The summed E-state index contributed by atoms with van der Waals surface area (Å²) in [5.41, 5.74) is 6.10. The van der Waals surface area contributed by atoms with Gasteiger partial charge in [-0.05, 0) is 32.6 Å². The van der Waals surface area contributed by atoms with Crippen LogP contribution in [0.2, 0.25) is 0 Å². The van der Waals surface area contributed by atoms with E-state index in [-0.39, 0.29) is 0 Å². The minimum absolute atomic E-state index is 0.425. The van der Waals surface area contributed by atoms with Crippen molar-refractivity contribution in [2.45, 2.75) is 45.2 Å². The van der Waals surface area contributed by atoms with Gasteiger partial charge >= 0.3 is 0 Å². The molecular formula is C12H26N2O. The summed E-state index contributed by atoms with van der Waals surface area (Å²) in [6.45, 7) is 7.48. The zero-order valence-electron chi connectivity index (χ0n) is 10.4. The van der Waals surface area contributed by atoms with Crippen molar-refractivity contribution in [2.75, 3.05) is 26.8 Å². The van der Waals surface area contributed by atoms with Crippen LogP contribution in [-0.4, -0.2) is 43.8 Å². The van der Waals surface area contributed by atoms with Crippen LogP contribution in [0.15, 0.2) is 0 Å². The lowest BCUT2D eigenvalue weighted by atomic mass is 10.0. The Morgan fingerprint density at radius 3 is 2.60 bits per heavy atom. The number of nitrogens with two attached hydrogens (primary N) is 1. The van der Waals surface area contributed by atoms with Crippen molar-refractivity contribution in [2.24, 2.45) is 11.7 Å². The molecule has 2 N–H and O–H groups in total. The molecule has 0 aliphatic heterocycles. The molecule has 1 rings (SSSR count). The van der Waals surface area contributed by atoms with Gasteiger partial charge in [-0.1, -0.05) is 6.42 Å². The maximum Gasteiger partial charge on any atom is 0.0589 e. The van der Waals surface area contributed by atoms with Crippen LogP contribution in [0.5, 0.6) is 0 Å². The molecule has 2 unspecified atom stereocenters. The molecule has 1 fully saturated rings. The Morgan fingerprint density at radius 2 is 2.13 bits per heavy atom. The fraction of sp³-hybridized carbons (Fsp3) is 1.00. The Hall–Kier alpha value is -0.120. The van der Waals surface area contributed by atoms with Crippen molar-refractivity contribution in [3.05, 3.63) is 0 Å². The number of rotatable bonds is 6. The van der Waals surface area contributed by atoms with Crippen LogP contribution in [0.4, 0.5) is 0 Å². The number of ether oxygens (including phenoxy) is 1. The summed E-state index contributed by atoms with van der Waals surface area (Å²) in [4.78, 5) is 2.49. The van der Waals surface area contributed by atoms with Crippen LogP contribution < -0.4 is 5.73 Å². The van der Waals surface area contributed by atoms with E-state index < -0.39 is 0 Å². The highest BCUT2D eigenvalue weighted by atomic mass is 16.5. The van der Waals surface area contributed by atoms with Gasteiger partial charge in [-0.15, -0.1) is 0 Å². The van der Waals surface area contributed by atoms with Crippen LogP contribution in [0.25, 0.3) is 0 Å². The third kappa shape index (κ3) is 4.09. The normalized spacial score (nSPS) is 26.8. The molecule has 0 aromatic heterocycles. The molecule has 0 amide bonds. The van der Waals surface area contributed by atoms with Gasteiger partial charge in [0.1, 0.15) is 0 Å². The summed E-state index contributed by atoms with van der Waals surface area (Å²) in [6.07, 6.45) is 3.82. The molecule has 1 aliphatic rings. The summed E-state index contributed by atoms with van der Waals surface area (Å²) in [5.74, 6) is 0.698. The lowest BCUT2D eigenvalue weighted by molar-refractivity contribution is 0.114. The predicted octanol–water partition coefficient (Wildman–Crippen LogP) is 1.47. The molecule has 90 valence electrons. The van der Waals surface area contributed by atoms with Gasteiger partial charge in [0.15, 0.2) is 0 Å². The summed E-state index contributed by atoms with van der Waals surface area (Å²) < 4.78 is 5.14. The molecule has 0 saturated heterocycles. The van der Waals surface area contributed by atoms with Crippen molar-refractivity contribution in [3.63, 3.8) is 0 Å². The molecule has 3 heteroatoms. The van der Waals surface area contributed by atoms with Gasteiger partial charge in [0.25, 0.3) is 0 Å². The van der Waals surface area contributed by atoms with Gasteiger partial charge < -0.3 is 10.5 Å². The van der Waals surface area contributed by atoms with Crippen LogP contribution in [-0.2, 0) is 4.74 Å². The molecule has 0 spiro atoms. The topological polar surface area (TPSA) is 38.5 Å². The van der Waals surface area contributed by atoms with Crippen molar-refractivity contribution in [3.8, 4) is 0 Å². The Labute approximate surface area is 94.0 Å². The largest absolute Gasteiger partial charge is 0.383 e. The summed E-state index contributed by atoms with van der Waals surface area (Å²) in [6, 6.07) is 1.02. The van der Waals surface area contributed by atoms with Crippen molar-refractivity contribution < 1.29 is 4.74 Å². The van der Waals surface area contributed by atoms with E-state index in [1.165, 1.54) is 19.3 Å². The first kappa shape index (κ1) is 12.9. The lowest BCUT2D eigenvalue weighted by Gasteiger charge is -2.30. The standard InChI is InChI=1S/C12H26N2O/c1-10(2)14(7-8-15-3)9-11-5-4-6-12(11)13/h10-12H,4-9,13H2,1-3H3. The van der Waals surface area contributed by atoms with E-state index >= 15 is 0 Å². The number of hydrogen-bond acceptors (Lipinski definition) is 3. The lowest BCUT2D eigenvalue weighted by Crippen LogP contribution is -2.41. The average molecular weight is 214 g/mol. The zero-order chi connectivity index (χ0) is 11.3. The van der Waals surface area contributed by atoms with E-state index in [9.17, 15) is 0 Å². The molecular weight excluding hydrogens is 188 g/mol. The number of nitrogens with zero attached hydrogens (tertiary/aromatic N) is 1. The minimum atomic E-state index is 0.425. The van der Waals surface area contributed by atoms with E-state index in [0.29, 0.717) is 18.0 Å². The molecule has 1 saturated carbocycles. The molecule has 0 radical (unpaired) electrons. The average Bonchev–Trinajstić information content (AvgIpc) is 2.58. The Balaban J connectivity index is 2.35. The SMILES string of the molecule is COCCN(CC1CCCC1N)C(C)C. The van der Waals surface area contributed by atoms with Crippen LogP contribution >= 0.6 is 0 Å². The Kier molecular flexibility index (Phi) is 5.58. The van der Waals surface area contributed by atoms with E-state index in [1.807, 2.05) is 0 Å². The van der Waals surface area contributed by atoms with Gasteiger partial charge in [-0.25, -0.2) is 0 Å². The second kappa shape index (κ2) is 6.46. The molecule has 0 aromatic rings. The molecule has 0 bridgehead atoms.